The molecule has 0 atom stereocenters. The van der Waals surface area contributed by atoms with Gasteiger partial charge in [0.1, 0.15) is 5.82 Å². The molecule has 1 aromatic heterocycles. The lowest BCUT2D eigenvalue weighted by Crippen LogP contribution is -2.34. The van der Waals surface area contributed by atoms with Crippen molar-refractivity contribution in [1.29, 1.82) is 0 Å². The molecule has 1 aromatic carbocycles. The lowest BCUT2D eigenvalue weighted by molar-refractivity contribution is -0.151. The minimum absolute atomic E-state index is 0.0418. The van der Waals surface area contributed by atoms with Crippen molar-refractivity contribution in [3.63, 3.8) is 0 Å². The van der Waals surface area contributed by atoms with Crippen molar-refractivity contribution in [2.45, 2.75) is 65.3 Å². The van der Waals surface area contributed by atoms with Crippen LogP contribution in [0, 0.1) is 5.41 Å². The van der Waals surface area contributed by atoms with E-state index in [1.54, 1.807) is 6.07 Å². The molecule has 1 aliphatic rings. The number of carboxylic acids is 1. The third-order valence-electron chi connectivity index (χ3n) is 5.82. The highest BCUT2D eigenvalue weighted by molar-refractivity contribution is 5.94. The van der Waals surface area contributed by atoms with Crippen LogP contribution in [0.3, 0.4) is 0 Å². The van der Waals surface area contributed by atoms with Crippen LogP contribution in [-0.2, 0) is 22.6 Å². The van der Waals surface area contributed by atoms with Crippen LogP contribution in [0.4, 0.5) is 5.69 Å². The number of carbonyl (C=O) groups is 2. The molecular weight excluding hydrogens is 356 g/mol. The number of benzene rings is 1. The van der Waals surface area contributed by atoms with Gasteiger partial charge in [0, 0.05) is 30.6 Å². The van der Waals surface area contributed by atoms with E-state index in [1.165, 1.54) is 6.42 Å². The molecule has 0 bridgehead atoms. The quantitative estimate of drug-likeness (QED) is 0.755. The van der Waals surface area contributed by atoms with Gasteiger partial charge in [0.05, 0.1) is 5.41 Å². The summed E-state index contributed by atoms with van der Waals surface area (Å²) >= 11 is 0. The summed E-state index contributed by atoms with van der Waals surface area (Å²) in [6.07, 6.45) is 5.16. The van der Waals surface area contributed by atoms with E-state index in [1.807, 2.05) is 32.0 Å². The molecule has 2 N–H and O–H groups in total. The third kappa shape index (κ3) is 4.08. The zero-order valence-corrected chi connectivity index (χ0v) is 16.6. The van der Waals surface area contributed by atoms with Gasteiger partial charge in [-0.15, -0.1) is 10.2 Å². The summed E-state index contributed by atoms with van der Waals surface area (Å²) in [5.74, 6) is 0.616. The van der Waals surface area contributed by atoms with Crippen molar-refractivity contribution < 1.29 is 14.7 Å². The van der Waals surface area contributed by atoms with Crippen LogP contribution in [0.1, 0.15) is 58.2 Å². The van der Waals surface area contributed by atoms with Crippen LogP contribution in [0.25, 0.3) is 11.4 Å². The van der Waals surface area contributed by atoms with Crippen molar-refractivity contribution in [2.24, 2.45) is 5.41 Å². The van der Waals surface area contributed by atoms with E-state index in [0.29, 0.717) is 18.5 Å². The lowest BCUT2D eigenvalue weighted by Gasteiger charge is -2.25. The van der Waals surface area contributed by atoms with Crippen LogP contribution in [-0.4, -0.2) is 31.7 Å². The molecule has 7 heteroatoms. The van der Waals surface area contributed by atoms with E-state index in [4.69, 9.17) is 0 Å². The average molecular weight is 384 g/mol. The lowest BCUT2D eigenvalue weighted by atomic mass is 9.79. The largest absolute Gasteiger partial charge is 0.481 e. The molecule has 1 amide bonds. The van der Waals surface area contributed by atoms with E-state index in [9.17, 15) is 14.7 Å². The van der Waals surface area contributed by atoms with Gasteiger partial charge in [0.2, 0.25) is 5.91 Å². The number of aliphatic carboxylic acids is 1. The van der Waals surface area contributed by atoms with Crippen LogP contribution in [0.2, 0.25) is 0 Å². The van der Waals surface area contributed by atoms with Gasteiger partial charge in [-0.05, 0) is 37.8 Å². The fourth-order valence-corrected chi connectivity index (χ4v) is 3.83. The van der Waals surface area contributed by atoms with Crippen LogP contribution < -0.4 is 5.32 Å². The standard InChI is InChI=1S/C21H28N4O3/c1-3-21(4-2,20(27)28)14-18(26)22-16-10-8-9-15(13-16)19-24-23-17-11-6-5-7-12-25(17)19/h8-10,13H,3-7,11-12,14H2,1-2H3,(H,22,26)(H,27,28). The molecule has 2 heterocycles. The minimum atomic E-state index is -1.02. The number of amides is 1. The second-order valence-electron chi connectivity index (χ2n) is 7.50. The Kier molecular flexibility index (Phi) is 6.11. The molecule has 28 heavy (non-hydrogen) atoms. The highest BCUT2D eigenvalue weighted by Gasteiger charge is 2.37. The van der Waals surface area contributed by atoms with Gasteiger partial charge < -0.3 is 15.0 Å². The van der Waals surface area contributed by atoms with Crippen molar-refractivity contribution in [1.82, 2.24) is 14.8 Å². The highest BCUT2D eigenvalue weighted by Crippen LogP contribution is 2.32. The summed E-state index contributed by atoms with van der Waals surface area (Å²) in [5, 5.41) is 21.1. The number of nitrogens with one attached hydrogen (secondary N) is 1. The molecule has 0 saturated carbocycles. The van der Waals surface area contributed by atoms with Crippen LogP contribution >= 0.6 is 0 Å². The topological polar surface area (TPSA) is 97.1 Å². The molecule has 0 aliphatic carbocycles. The Labute approximate surface area is 165 Å². The monoisotopic (exact) mass is 384 g/mol. The summed E-state index contributed by atoms with van der Waals surface area (Å²) in [6, 6.07) is 7.51. The number of hydrogen-bond donors (Lipinski definition) is 2. The number of fused-ring (bicyclic) bond motifs is 1. The first-order valence-corrected chi connectivity index (χ1v) is 10.0. The Hall–Kier alpha value is -2.70. The highest BCUT2D eigenvalue weighted by atomic mass is 16.4. The first-order valence-electron chi connectivity index (χ1n) is 10.0. The Bertz CT molecular complexity index is 855. The number of hydrogen-bond acceptors (Lipinski definition) is 4. The predicted molar refractivity (Wildman–Crippen MR) is 107 cm³/mol. The van der Waals surface area contributed by atoms with Crippen molar-refractivity contribution in [3.8, 4) is 11.4 Å². The number of anilines is 1. The molecule has 3 rings (SSSR count). The Morgan fingerprint density at radius 2 is 1.96 bits per heavy atom. The maximum Gasteiger partial charge on any atom is 0.310 e. The molecule has 0 saturated heterocycles. The van der Waals surface area contributed by atoms with E-state index in [2.05, 4.69) is 20.1 Å². The molecule has 150 valence electrons. The SMILES string of the molecule is CCC(CC)(CC(=O)Nc1cccc(-c2nnc3n2CCCCC3)c1)C(=O)O. The van der Waals surface area contributed by atoms with Crippen molar-refractivity contribution >= 4 is 17.6 Å². The average Bonchev–Trinajstić information content (AvgIpc) is 2.94. The van der Waals surface area contributed by atoms with Crippen molar-refractivity contribution in [2.75, 3.05) is 5.32 Å². The second-order valence-corrected chi connectivity index (χ2v) is 7.50. The van der Waals surface area contributed by atoms with Crippen molar-refractivity contribution in [3.05, 3.63) is 30.1 Å². The van der Waals surface area contributed by atoms with Gasteiger partial charge in [0.25, 0.3) is 0 Å². The summed E-state index contributed by atoms with van der Waals surface area (Å²) in [7, 11) is 0. The number of aromatic nitrogens is 3. The molecule has 0 spiro atoms. The van der Waals surface area contributed by atoms with Gasteiger partial charge in [-0.3, -0.25) is 9.59 Å². The summed E-state index contributed by atoms with van der Waals surface area (Å²) < 4.78 is 2.16. The number of carbonyl (C=O) groups excluding carboxylic acids is 1. The van der Waals surface area contributed by atoms with Gasteiger partial charge in [-0.1, -0.05) is 32.4 Å². The summed E-state index contributed by atoms with van der Waals surface area (Å²) in [5.41, 5.74) is 0.514. The minimum Gasteiger partial charge on any atom is -0.481 e. The smallest absolute Gasteiger partial charge is 0.310 e. The molecule has 7 nitrogen and oxygen atoms in total. The Morgan fingerprint density at radius 3 is 2.68 bits per heavy atom. The van der Waals surface area contributed by atoms with E-state index in [0.717, 1.165) is 43.0 Å². The number of rotatable bonds is 7. The Balaban J connectivity index is 1.78. The van der Waals surface area contributed by atoms with Gasteiger partial charge >= 0.3 is 5.97 Å². The van der Waals surface area contributed by atoms with E-state index < -0.39 is 11.4 Å². The third-order valence-corrected chi connectivity index (χ3v) is 5.82. The van der Waals surface area contributed by atoms with Gasteiger partial charge in [-0.2, -0.15) is 0 Å². The zero-order chi connectivity index (χ0) is 20.1. The normalized spacial score (nSPS) is 14.2. The fourth-order valence-electron chi connectivity index (χ4n) is 3.83. The molecule has 0 unspecified atom stereocenters. The van der Waals surface area contributed by atoms with Gasteiger partial charge in [-0.25, -0.2) is 0 Å². The fraction of sp³-hybridized carbons (Fsp3) is 0.524. The zero-order valence-electron chi connectivity index (χ0n) is 16.6. The first kappa shape index (κ1) is 20.0. The predicted octanol–water partition coefficient (Wildman–Crippen LogP) is 3.89. The second kappa shape index (κ2) is 8.54. The van der Waals surface area contributed by atoms with E-state index in [-0.39, 0.29) is 12.3 Å². The number of aryl methyl sites for hydroxylation is 1. The number of nitrogens with zero attached hydrogens (tertiary/aromatic N) is 3. The summed E-state index contributed by atoms with van der Waals surface area (Å²) in [4.78, 5) is 24.2. The summed E-state index contributed by atoms with van der Waals surface area (Å²) in [6.45, 7) is 4.52. The maximum atomic E-state index is 12.5. The molecule has 1 aliphatic heterocycles. The van der Waals surface area contributed by atoms with Crippen LogP contribution in [0.5, 0.6) is 0 Å². The molecule has 0 fully saturated rings. The molecule has 2 aromatic rings. The maximum absolute atomic E-state index is 12.5. The number of carboxylic acid groups (broad SMARTS) is 1. The molecule has 0 radical (unpaired) electrons. The Morgan fingerprint density at radius 1 is 1.18 bits per heavy atom. The van der Waals surface area contributed by atoms with E-state index >= 15 is 0 Å². The molecular formula is C21H28N4O3. The van der Waals surface area contributed by atoms with Gasteiger partial charge in [0.15, 0.2) is 5.82 Å². The van der Waals surface area contributed by atoms with Crippen LogP contribution in [0.15, 0.2) is 24.3 Å². The first-order chi connectivity index (χ1) is 13.5.